The Balaban J connectivity index is 1.49. The Kier molecular flexibility index (Phi) is 5.85. The maximum absolute atomic E-state index is 12.3. The van der Waals surface area contributed by atoms with Crippen LogP contribution in [0, 0.1) is 0 Å². The van der Waals surface area contributed by atoms with E-state index in [1.807, 2.05) is 24.3 Å². The summed E-state index contributed by atoms with van der Waals surface area (Å²) in [5, 5.41) is 12.8. The third kappa shape index (κ3) is 4.22. The van der Waals surface area contributed by atoms with E-state index in [-0.39, 0.29) is 17.7 Å². The molecule has 2 heterocycles. The van der Waals surface area contributed by atoms with Crippen LogP contribution in [0.25, 0.3) is 22.1 Å². The van der Waals surface area contributed by atoms with Gasteiger partial charge in [0.1, 0.15) is 5.52 Å². The number of hydrogen-bond donors (Lipinski definition) is 1. The van der Waals surface area contributed by atoms with Crippen LogP contribution in [0.5, 0.6) is 0 Å². The summed E-state index contributed by atoms with van der Waals surface area (Å²) < 4.78 is 6.80. The van der Waals surface area contributed by atoms with E-state index >= 15 is 0 Å². The minimum absolute atomic E-state index is 0.133. The molecule has 0 fully saturated rings. The molecule has 9 heteroatoms. The minimum Gasteiger partial charge on any atom is -0.465 e. The molecular weight excluding hydrogens is 414 g/mol. The molecule has 4 aromatic rings. The lowest BCUT2D eigenvalue weighted by atomic mass is 10.2. The second kappa shape index (κ2) is 8.73. The van der Waals surface area contributed by atoms with E-state index in [0.29, 0.717) is 16.4 Å². The number of methoxy groups -OCH3 is 1. The molecule has 0 aliphatic heterocycles. The molecule has 1 amide bonds. The van der Waals surface area contributed by atoms with E-state index in [1.54, 1.807) is 24.3 Å². The Morgan fingerprint density at radius 2 is 1.84 bits per heavy atom. The quantitative estimate of drug-likeness (QED) is 0.360. The highest BCUT2D eigenvalue weighted by Crippen LogP contribution is 2.29. The fourth-order valence-corrected chi connectivity index (χ4v) is 3.94. The smallest absolute Gasteiger partial charge is 0.337 e. The first kappa shape index (κ1) is 20.8. The first-order valence-corrected chi connectivity index (χ1v) is 10.7. The molecule has 2 aromatic carbocycles. The van der Waals surface area contributed by atoms with E-state index in [9.17, 15) is 9.59 Å². The summed E-state index contributed by atoms with van der Waals surface area (Å²) in [6.07, 6.45) is 0. The number of amides is 1. The molecule has 0 aliphatic carbocycles. The van der Waals surface area contributed by atoms with Crippen molar-refractivity contribution in [2.24, 2.45) is 0 Å². The lowest BCUT2D eigenvalue weighted by Crippen LogP contribution is -2.14. The van der Waals surface area contributed by atoms with Gasteiger partial charge in [-0.05, 0) is 44.2 Å². The topological polar surface area (TPSA) is 99.0 Å². The molecule has 1 N–H and O–H groups in total. The molecule has 0 saturated heterocycles. The standard InChI is InChI=1S/C22H21N5O3S/c1-13(2)27-17-7-5-4-6-16(17)19-20(27)24-22(26-25-19)31-12-18(28)23-15-10-8-14(9-11-15)21(29)30-3/h4-11,13H,12H2,1-3H3,(H,23,28). The summed E-state index contributed by atoms with van der Waals surface area (Å²) in [6, 6.07) is 14.7. The third-order valence-corrected chi connectivity index (χ3v) is 5.57. The van der Waals surface area contributed by atoms with E-state index in [0.717, 1.165) is 22.1 Å². The summed E-state index contributed by atoms with van der Waals surface area (Å²) in [5.74, 6) is -0.496. The summed E-state index contributed by atoms with van der Waals surface area (Å²) >= 11 is 1.22. The Bertz CT molecular complexity index is 1270. The number of anilines is 1. The number of benzene rings is 2. The van der Waals surface area contributed by atoms with Crippen molar-refractivity contribution in [3.63, 3.8) is 0 Å². The van der Waals surface area contributed by atoms with Crippen molar-refractivity contribution in [1.82, 2.24) is 19.7 Å². The van der Waals surface area contributed by atoms with Gasteiger partial charge < -0.3 is 14.6 Å². The van der Waals surface area contributed by atoms with Crippen molar-refractivity contribution < 1.29 is 14.3 Å². The lowest BCUT2D eigenvalue weighted by molar-refractivity contribution is -0.113. The van der Waals surface area contributed by atoms with Crippen LogP contribution in [0.15, 0.2) is 53.7 Å². The molecule has 4 rings (SSSR count). The fourth-order valence-electron chi connectivity index (χ4n) is 3.36. The van der Waals surface area contributed by atoms with Gasteiger partial charge in [0.25, 0.3) is 0 Å². The summed E-state index contributed by atoms with van der Waals surface area (Å²) in [7, 11) is 1.32. The summed E-state index contributed by atoms with van der Waals surface area (Å²) in [6.45, 7) is 4.19. The number of nitrogens with zero attached hydrogens (tertiary/aromatic N) is 4. The third-order valence-electron chi connectivity index (χ3n) is 4.73. The minimum atomic E-state index is -0.424. The zero-order chi connectivity index (χ0) is 22.0. The van der Waals surface area contributed by atoms with Crippen molar-refractivity contribution in [2.75, 3.05) is 18.2 Å². The highest BCUT2D eigenvalue weighted by molar-refractivity contribution is 7.99. The molecular formula is C22H21N5O3S. The van der Waals surface area contributed by atoms with E-state index in [1.165, 1.54) is 18.9 Å². The summed E-state index contributed by atoms with van der Waals surface area (Å²) in [5.41, 5.74) is 3.58. The molecule has 0 saturated carbocycles. The number of para-hydroxylation sites is 1. The highest BCUT2D eigenvalue weighted by Gasteiger charge is 2.17. The molecule has 0 aliphatic rings. The Morgan fingerprint density at radius 3 is 2.55 bits per heavy atom. The highest BCUT2D eigenvalue weighted by atomic mass is 32.2. The van der Waals surface area contributed by atoms with Gasteiger partial charge in [-0.1, -0.05) is 30.0 Å². The van der Waals surface area contributed by atoms with Gasteiger partial charge >= 0.3 is 5.97 Å². The van der Waals surface area contributed by atoms with Gasteiger partial charge in [0.2, 0.25) is 11.1 Å². The van der Waals surface area contributed by atoms with Gasteiger partial charge in [0.05, 0.1) is 23.9 Å². The molecule has 31 heavy (non-hydrogen) atoms. The second-order valence-corrected chi connectivity index (χ2v) is 8.10. The predicted molar refractivity (Wildman–Crippen MR) is 120 cm³/mol. The van der Waals surface area contributed by atoms with Gasteiger partial charge in [-0.3, -0.25) is 4.79 Å². The fraction of sp³-hybridized carbons (Fsp3) is 0.227. The molecule has 0 radical (unpaired) electrons. The molecule has 0 spiro atoms. The van der Waals surface area contributed by atoms with Crippen LogP contribution in [0.1, 0.15) is 30.2 Å². The van der Waals surface area contributed by atoms with Crippen LogP contribution < -0.4 is 5.32 Å². The van der Waals surface area contributed by atoms with E-state index < -0.39 is 5.97 Å². The maximum Gasteiger partial charge on any atom is 0.337 e. The molecule has 0 bridgehead atoms. The number of carbonyl (C=O) groups excluding carboxylic acids is 2. The number of rotatable bonds is 6. The van der Waals surface area contributed by atoms with Crippen LogP contribution in [0.2, 0.25) is 0 Å². The molecule has 0 atom stereocenters. The zero-order valence-electron chi connectivity index (χ0n) is 17.3. The van der Waals surface area contributed by atoms with Crippen LogP contribution in [-0.4, -0.2) is 44.5 Å². The number of hydrogen-bond acceptors (Lipinski definition) is 7. The lowest BCUT2D eigenvalue weighted by Gasteiger charge is -2.10. The monoisotopic (exact) mass is 435 g/mol. The largest absolute Gasteiger partial charge is 0.465 e. The van der Waals surface area contributed by atoms with Crippen molar-refractivity contribution in [3.05, 3.63) is 54.1 Å². The number of esters is 1. The second-order valence-electron chi connectivity index (χ2n) is 7.15. The van der Waals surface area contributed by atoms with Crippen molar-refractivity contribution >= 4 is 51.4 Å². The van der Waals surface area contributed by atoms with Gasteiger partial charge in [-0.25, -0.2) is 9.78 Å². The van der Waals surface area contributed by atoms with E-state index in [4.69, 9.17) is 0 Å². The maximum atomic E-state index is 12.3. The first-order valence-electron chi connectivity index (χ1n) is 9.72. The van der Waals surface area contributed by atoms with E-state index in [2.05, 4.69) is 43.6 Å². The van der Waals surface area contributed by atoms with Crippen LogP contribution in [-0.2, 0) is 9.53 Å². The molecule has 0 unspecified atom stereocenters. The van der Waals surface area contributed by atoms with Crippen LogP contribution >= 0.6 is 11.8 Å². The first-order chi connectivity index (χ1) is 15.0. The molecule has 158 valence electrons. The number of ether oxygens (including phenoxy) is 1. The van der Waals surface area contributed by atoms with Gasteiger partial charge in [-0.2, -0.15) is 0 Å². The average Bonchev–Trinajstić information content (AvgIpc) is 3.11. The Labute approximate surface area is 183 Å². The Morgan fingerprint density at radius 1 is 1.10 bits per heavy atom. The SMILES string of the molecule is COC(=O)c1ccc(NC(=O)CSc2nnc3c4ccccc4n(C(C)C)c3n2)cc1. The van der Waals surface area contributed by atoms with Crippen LogP contribution in [0.4, 0.5) is 5.69 Å². The van der Waals surface area contributed by atoms with Gasteiger partial charge in [-0.15, -0.1) is 10.2 Å². The number of carbonyl (C=O) groups is 2. The number of nitrogens with one attached hydrogen (secondary N) is 1. The van der Waals surface area contributed by atoms with Crippen molar-refractivity contribution in [1.29, 1.82) is 0 Å². The Hall–Kier alpha value is -3.46. The van der Waals surface area contributed by atoms with Gasteiger partial charge in [0.15, 0.2) is 5.65 Å². The molecule has 2 aromatic heterocycles. The predicted octanol–water partition coefficient (Wildman–Crippen LogP) is 4.08. The number of thioether (sulfide) groups is 1. The van der Waals surface area contributed by atoms with Crippen LogP contribution in [0.3, 0.4) is 0 Å². The number of fused-ring (bicyclic) bond motifs is 3. The molecule has 8 nitrogen and oxygen atoms in total. The van der Waals surface area contributed by atoms with Gasteiger partial charge in [0, 0.05) is 17.1 Å². The normalized spacial score (nSPS) is 11.2. The zero-order valence-corrected chi connectivity index (χ0v) is 18.1. The van der Waals surface area contributed by atoms with Crippen molar-refractivity contribution in [3.8, 4) is 0 Å². The summed E-state index contributed by atoms with van der Waals surface area (Å²) in [4.78, 5) is 28.5. The van der Waals surface area contributed by atoms with Crippen molar-refractivity contribution in [2.45, 2.75) is 25.0 Å². The average molecular weight is 436 g/mol. The number of aromatic nitrogens is 4.